The Morgan fingerprint density at radius 3 is 2.55 bits per heavy atom. The lowest BCUT2D eigenvalue weighted by Crippen LogP contribution is -2.22. The summed E-state index contributed by atoms with van der Waals surface area (Å²) in [6.07, 6.45) is 3.51. The fourth-order valence-corrected chi connectivity index (χ4v) is 3.82. The van der Waals surface area contributed by atoms with Gasteiger partial charge >= 0.3 is 0 Å². The molecule has 0 saturated heterocycles. The van der Waals surface area contributed by atoms with Crippen molar-refractivity contribution < 1.29 is 9.18 Å². The second kappa shape index (κ2) is 8.29. The van der Waals surface area contributed by atoms with Crippen molar-refractivity contribution in [1.82, 2.24) is 19.3 Å². The molecule has 0 unspecified atom stereocenters. The van der Waals surface area contributed by atoms with Gasteiger partial charge in [0.1, 0.15) is 5.82 Å². The zero-order valence-electron chi connectivity index (χ0n) is 17.0. The zero-order valence-corrected chi connectivity index (χ0v) is 17.8. The molecule has 0 saturated carbocycles. The van der Waals surface area contributed by atoms with Gasteiger partial charge in [0.05, 0.1) is 22.3 Å². The number of amides is 1. The number of anilines is 1. The molecule has 3 aromatic carbocycles. The Balaban J connectivity index is 1.45. The van der Waals surface area contributed by atoms with Crippen molar-refractivity contribution in [2.45, 2.75) is 0 Å². The summed E-state index contributed by atoms with van der Waals surface area (Å²) in [4.78, 5) is 28.7. The standard InChI is InChI=1S/C24H16FN5O2S/c25-19-4-1-2-5-21(19)30-23(32)18-11-6-15(14-20(18)28-24(30)33)22(31)27-16-7-9-17(10-8-16)29-13-3-12-26-29/h1-14H,(H,27,31)(H,28,33). The molecule has 0 radical (unpaired) electrons. The summed E-state index contributed by atoms with van der Waals surface area (Å²) >= 11 is 5.30. The largest absolute Gasteiger partial charge is 0.331 e. The fourth-order valence-electron chi connectivity index (χ4n) is 3.53. The Morgan fingerprint density at radius 2 is 1.82 bits per heavy atom. The van der Waals surface area contributed by atoms with Crippen molar-refractivity contribution in [1.29, 1.82) is 0 Å². The summed E-state index contributed by atoms with van der Waals surface area (Å²) in [6, 6.07) is 19.6. The molecule has 0 aliphatic heterocycles. The lowest BCUT2D eigenvalue weighted by atomic mass is 10.1. The monoisotopic (exact) mass is 457 g/mol. The van der Waals surface area contributed by atoms with Gasteiger partial charge in [-0.2, -0.15) is 5.10 Å². The number of aromatic nitrogens is 4. The third-order valence-electron chi connectivity index (χ3n) is 5.15. The number of rotatable bonds is 4. The summed E-state index contributed by atoms with van der Waals surface area (Å²) in [6.45, 7) is 0. The number of H-pyrrole nitrogens is 1. The first-order chi connectivity index (χ1) is 16.0. The van der Waals surface area contributed by atoms with Crippen LogP contribution in [0.1, 0.15) is 10.4 Å². The second-order valence-electron chi connectivity index (χ2n) is 7.23. The molecule has 2 N–H and O–H groups in total. The maximum Gasteiger partial charge on any atom is 0.266 e. The van der Waals surface area contributed by atoms with E-state index in [1.807, 2.05) is 24.4 Å². The third-order valence-corrected chi connectivity index (χ3v) is 5.43. The van der Waals surface area contributed by atoms with Crippen molar-refractivity contribution in [3.8, 4) is 11.4 Å². The molecule has 1 amide bonds. The highest BCUT2D eigenvalue weighted by Gasteiger charge is 2.13. The summed E-state index contributed by atoms with van der Waals surface area (Å²) < 4.78 is 17.1. The van der Waals surface area contributed by atoms with Crippen LogP contribution in [0, 0.1) is 10.6 Å². The molecule has 5 rings (SSSR count). The molecule has 5 aromatic rings. The Hall–Kier alpha value is -4.37. The number of hydrogen-bond donors (Lipinski definition) is 2. The Bertz CT molecular complexity index is 1610. The quantitative estimate of drug-likeness (QED) is 0.386. The Morgan fingerprint density at radius 1 is 1.03 bits per heavy atom. The van der Waals surface area contributed by atoms with Gasteiger partial charge in [0, 0.05) is 23.6 Å². The predicted octanol–water partition coefficient (Wildman–Crippen LogP) is 4.63. The van der Waals surface area contributed by atoms with E-state index in [2.05, 4.69) is 15.4 Å². The molecule has 0 bridgehead atoms. The highest BCUT2D eigenvalue weighted by atomic mass is 32.1. The minimum atomic E-state index is -0.562. The number of carbonyl (C=O) groups is 1. The molecule has 2 heterocycles. The van der Waals surface area contributed by atoms with Crippen LogP contribution in [0.4, 0.5) is 10.1 Å². The van der Waals surface area contributed by atoms with E-state index in [4.69, 9.17) is 12.2 Å². The van der Waals surface area contributed by atoms with E-state index in [1.165, 1.54) is 24.3 Å². The van der Waals surface area contributed by atoms with Gasteiger partial charge in [0.25, 0.3) is 11.5 Å². The van der Waals surface area contributed by atoms with Crippen molar-refractivity contribution >= 4 is 34.7 Å². The minimum Gasteiger partial charge on any atom is -0.331 e. The molecule has 162 valence electrons. The first kappa shape index (κ1) is 20.5. The first-order valence-electron chi connectivity index (χ1n) is 9.97. The predicted molar refractivity (Wildman–Crippen MR) is 126 cm³/mol. The normalized spacial score (nSPS) is 10.9. The molecule has 0 spiro atoms. The molecule has 0 atom stereocenters. The lowest BCUT2D eigenvalue weighted by molar-refractivity contribution is 0.102. The number of nitrogens with one attached hydrogen (secondary N) is 2. The van der Waals surface area contributed by atoms with Crippen LogP contribution in [0.3, 0.4) is 0 Å². The smallest absolute Gasteiger partial charge is 0.266 e. The number of para-hydroxylation sites is 1. The van der Waals surface area contributed by atoms with Crippen LogP contribution in [0.5, 0.6) is 0 Å². The van der Waals surface area contributed by atoms with Crippen LogP contribution in [0.25, 0.3) is 22.3 Å². The molecule has 9 heteroatoms. The van der Waals surface area contributed by atoms with Crippen LogP contribution >= 0.6 is 12.2 Å². The molecule has 2 aromatic heterocycles. The molecule has 0 fully saturated rings. The van der Waals surface area contributed by atoms with Crippen molar-refractivity contribution in [3.05, 3.63) is 112 Å². The molecule has 33 heavy (non-hydrogen) atoms. The number of aromatic amines is 1. The van der Waals surface area contributed by atoms with Crippen LogP contribution in [0.15, 0.2) is 90.0 Å². The molecule has 0 aliphatic rings. The maximum absolute atomic E-state index is 14.2. The highest BCUT2D eigenvalue weighted by molar-refractivity contribution is 7.71. The van der Waals surface area contributed by atoms with Crippen molar-refractivity contribution in [3.63, 3.8) is 0 Å². The average molecular weight is 457 g/mol. The summed E-state index contributed by atoms with van der Waals surface area (Å²) in [5.41, 5.74) is 1.79. The van der Waals surface area contributed by atoms with Gasteiger partial charge in [0.15, 0.2) is 4.77 Å². The average Bonchev–Trinajstić information content (AvgIpc) is 3.35. The number of nitrogens with zero attached hydrogens (tertiary/aromatic N) is 3. The van der Waals surface area contributed by atoms with E-state index in [9.17, 15) is 14.0 Å². The van der Waals surface area contributed by atoms with Crippen LogP contribution in [-0.4, -0.2) is 25.2 Å². The summed E-state index contributed by atoms with van der Waals surface area (Å²) in [5.74, 6) is -0.908. The Labute approximate surface area is 191 Å². The fraction of sp³-hybridized carbons (Fsp3) is 0. The van der Waals surface area contributed by atoms with Gasteiger partial charge in [-0.15, -0.1) is 0 Å². The molecular weight excluding hydrogens is 441 g/mol. The first-order valence-corrected chi connectivity index (χ1v) is 10.4. The van der Waals surface area contributed by atoms with E-state index in [0.29, 0.717) is 16.8 Å². The molecular formula is C24H16FN5O2S. The van der Waals surface area contributed by atoms with Crippen molar-refractivity contribution in [2.24, 2.45) is 0 Å². The minimum absolute atomic E-state index is 0.0318. The third kappa shape index (κ3) is 3.85. The SMILES string of the molecule is O=C(Nc1ccc(-n2cccn2)cc1)c1ccc2c(=O)n(-c3ccccc3F)c(=S)[nH]c2c1. The van der Waals surface area contributed by atoms with Crippen LogP contribution in [0.2, 0.25) is 0 Å². The van der Waals surface area contributed by atoms with E-state index in [0.717, 1.165) is 10.3 Å². The maximum atomic E-state index is 14.2. The number of carbonyl (C=O) groups excluding carboxylic acids is 1. The number of benzene rings is 3. The molecule has 0 aliphatic carbocycles. The Kier molecular flexibility index (Phi) is 5.15. The van der Waals surface area contributed by atoms with E-state index in [-0.39, 0.29) is 21.8 Å². The van der Waals surface area contributed by atoms with Gasteiger partial charge in [0.2, 0.25) is 0 Å². The van der Waals surface area contributed by atoms with E-state index >= 15 is 0 Å². The number of fused-ring (bicyclic) bond motifs is 1. The number of halogens is 1. The highest BCUT2D eigenvalue weighted by Crippen LogP contribution is 2.17. The zero-order chi connectivity index (χ0) is 22.9. The van der Waals surface area contributed by atoms with Gasteiger partial charge in [-0.05, 0) is 72.9 Å². The summed E-state index contributed by atoms with van der Waals surface area (Å²) in [5, 5.41) is 7.28. The van der Waals surface area contributed by atoms with Crippen LogP contribution < -0.4 is 10.9 Å². The van der Waals surface area contributed by atoms with Crippen molar-refractivity contribution in [2.75, 3.05) is 5.32 Å². The van der Waals surface area contributed by atoms with Crippen LogP contribution in [-0.2, 0) is 0 Å². The van der Waals surface area contributed by atoms with Gasteiger partial charge < -0.3 is 10.3 Å². The summed E-state index contributed by atoms with van der Waals surface area (Å²) in [7, 11) is 0. The van der Waals surface area contributed by atoms with Gasteiger partial charge in [-0.1, -0.05) is 12.1 Å². The van der Waals surface area contributed by atoms with Gasteiger partial charge in [-0.3, -0.25) is 9.59 Å². The lowest BCUT2D eigenvalue weighted by Gasteiger charge is -2.10. The van der Waals surface area contributed by atoms with E-state index in [1.54, 1.807) is 41.2 Å². The topological polar surface area (TPSA) is 84.7 Å². The number of hydrogen-bond acceptors (Lipinski definition) is 4. The second-order valence-corrected chi connectivity index (χ2v) is 7.62. The molecule has 7 nitrogen and oxygen atoms in total. The van der Waals surface area contributed by atoms with Gasteiger partial charge in [-0.25, -0.2) is 13.6 Å². The van der Waals surface area contributed by atoms with E-state index < -0.39 is 11.4 Å².